The summed E-state index contributed by atoms with van der Waals surface area (Å²) < 4.78 is 5.78. The fraction of sp³-hybridized carbons (Fsp3) is 0.360. The highest BCUT2D eigenvalue weighted by atomic mass is 32.2. The molecule has 160 valence electrons. The molecule has 1 saturated heterocycles. The summed E-state index contributed by atoms with van der Waals surface area (Å²) in [4.78, 5) is 17.0. The molecule has 0 spiro atoms. The van der Waals surface area contributed by atoms with Gasteiger partial charge >= 0.3 is 0 Å². The molecule has 0 radical (unpaired) electrons. The van der Waals surface area contributed by atoms with Gasteiger partial charge in [0.15, 0.2) is 0 Å². The zero-order chi connectivity index (χ0) is 22.0. The monoisotopic (exact) mass is 433 g/mol. The first-order chi connectivity index (χ1) is 15.0. The third-order valence-electron chi connectivity index (χ3n) is 5.80. The van der Waals surface area contributed by atoms with Crippen LogP contribution >= 0.6 is 11.8 Å². The van der Waals surface area contributed by atoms with E-state index in [2.05, 4.69) is 49.1 Å². The first kappa shape index (κ1) is 21.3. The van der Waals surface area contributed by atoms with Crippen molar-refractivity contribution in [3.63, 3.8) is 0 Å². The number of carbonyl (C=O) groups excluding carboxylic acids is 1. The van der Waals surface area contributed by atoms with Crippen molar-refractivity contribution >= 4 is 23.4 Å². The number of fused-ring (bicyclic) bond motifs is 1. The highest BCUT2D eigenvalue weighted by Gasteiger charge is 2.38. The van der Waals surface area contributed by atoms with Crippen LogP contribution in [0.5, 0.6) is 5.75 Å². The molecule has 5 nitrogen and oxygen atoms in total. The molecule has 1 atom stereocenters. The van der Waals surface area contributed by atoms with Crippen LogP contribution in [0.2, 0.25) is 0 Å². The topological polar surface area (TPSA) is 56.6 Å². The number of rotatable bonds is 5. The molecule has 2 heterocycles. The molecule has 0 bridgehead atoms. The van der Waals surface area contributed by atoms with Gasteiger partial charge in [0.2, 0.25) is 5.91 Å². The van der Waals surface area contributed by atoms with Crippen molar-refractivity contribution in [2.24, 2.45) is 0 Å². The SMILES string of the molecule is CCOc1ccccc1N1CSC2=C(C#N)C(c3ccc(C(C)C)cc3)CC(=O)N2C1. The lowest BCUT2D eigenvalue weighted by atomic mass is 9.85. The standard InChI is InChI=1S/C25H27N3O2S/c1-4-30-23-8-6-5-7-22(23)27-15-28-24(29)13-20(21(14-26)25(28)31-16-27)19-11-9-18(10-12-19)17(2)3/h5-12,17,20H,4,13,15-16H2,1-3H3. The summed E-state index contributed by atoms with van der Waals surface area (Å²) in [5.41, 5.74) is 3.95. The van der Waals surface area contributed by atoms with E-state index in [9.17, 15) is 10.1 Å². The average Bonchev–Trinajstić information content (AvgIpc) is 2.79. The lowest BCUT2D eigenvalue weighted by molar-refractivity contribution is -0.129. The number of thioether (sulfide) groups is 1. The molecular weight excluding hydrogens is 406 g/mol. The summed E-state index contributed by atoms with van der Waals surface area (Å²) in [6, 6.07) is 18.7. The Bertz CT molecular complexity index is 1040. The van der Waals surface area contributed by atoms with Crippen LogP contribution in [0.1, 0.15) is 50.2 Å². The molecule has 2 aromatic rings. The molecule has 2 aliphatic rings. The van der Waals surface area contributed by atoms with Crippen LogP contribution in [0, 0.1) is 11.3 Å². The van der Waals surface area contributed by atoms with Crippen molar-refractivity contribution < 1.29 is 9.53 Å². The van der Waals surface area contributed by atoms with Crippen molar-refractivity contribution in [3.8, 4) is 11.8 Å². The minimum absolute atomic E-state index is 0.0537. The fourth-order valence-electron chi connectivity index (χ4n) is 4.11. The fourth-order valence-corrected chi connectivity index (χ4v) is 5.27. The second-order valence-electron chi connectivity index (χ2n) is 8.09. The third kappa shape index (κ3) is 4.15. The van der Waals surface area contributed by atoms with Crippen LogP contribution in [-0.2, 0) is 4.79 Å². The average molecular weight is 434 g/mol. The van der Waals surface area contributed by atoms with E-state index in [4.69, 9.17) is 4.74 Å². The molecule has 4 rings (SSSR count). The molecule has 1 fully saturated rings. The van der Waals surface area contributed by atoms with E-state index < -0.39 is 0 Å². The van der Waals surface area contributed by atoms with E-state index in [-0.39, 0.29) is 11.8 Å². The van der Waals surface area contributed by atoms with Crippen molar-refractivity contribution in [3.05, 3.63) is 70.3 Å². The number of carbonyl (C=O) groups is 1. The molecule has 1 amide bonds. The van der Waals surface area contributed by atoms with Crippen molar-refractivity contribution in [1.82, 2.24) is 4.90 Å². The molecule has 0 aliphatic carbocycles. The smallest absolute Gasteiger partial charge is 0.229 e. The number of hydrogen-bond donors (Lipinski definition) is 0. The van der Waals surface area contributed by atoms with Crippen LogP contribution in [0.3, 0.4) is 0 Å². The predicted octanol–water partition coefficient (Wildman–Crippen LogP) is 5.43. The molecule has 2 aliphatic heterocycles. The van der Waals surface area contributed by atoms with Crippen molar-refractivity contribution in [2.75, 3.05) is 24.1 Å². The molecule has 0 saturated carbocycles. The van der Waals surface area contributed by atoms with Crippen molar-refractivity contribution in [1.29, 1.82) is 5.26 Å². The summed E-state index contributed by atoms with van der Waals surface area (Å²) in [6.45, 7) is 7.29. The van der Waals surface area contributed by atoms with E-state index in [1.165, 1.54) is 5.56 Å². The van der Waals surface area contributed by atoms with Crippen LogP contribution in [0.15, 0.2) is 59.1 Å². The zero-order valence-electron chi connectivity index (χ0n) is 18.2. The quantitative estimate of drug-likeness (QED) is 0.629. The van der Waals surface area contributed by atoms with Gasteiger partial charge in [-0.1, -0.05) is 62.0 Å². The number of allylic oxidation sites excluding steroid dienone is 1. The van der Waals surface area contributed by atoms with Crippen LogP contribution in [0.4, 0.5) is 5.69 Å². The summed E-state index contributed by atoms with van der Waals surface area (Å²) in [6.07, 6.45) is 0.314. The minimum atomic E-state index is -0.181. The van der Waals surface area contributed by atoms with Gasteiger partial charge in [-0.3, -0.25) is 9.69 Å². The van der Waals surface area contributed by atoms with E-state index in [1.54, 1.807) is 16.7 Å². The Morgan fingerprint density at radius 2 is 1.94 bits per heavy atom. The van der Waals surface area contributed by atoms with Crippen molar-refractivity contribution in [2.45, 2.75) is 39.0 Å². The van der Waals surface area contributed by atoms with Gasteiger partial charge in [0.25, 0.3) is 0 Å². The Morgan fingerprint density at radius 3 is 2.61 bits per heavy atom. The summed E-state index contributed by atoms with van der Waals surface area (Å²) in [5, 5.41) is 10.8. The minimum Gasteiger partial charge on any atom is -0.492 e. The van der Waals surface area contributed by atoms with Gasteiger partial charge in [0, 0.05) is 12.3 Å². The maximum Gasteiger partial charge on any atom is 0.229 e. The number of hydrogen-bond acceptors (Lipinski definition) is 5. The van der Waals surface area contributed by atoms with Gasteiger partial charge in [-0.15, -0.1) is 0 Å². The second kappa shape index (κ2) is 9.07. The lowest BCUT2D eigenvalue weighted by Gasteiger charge is -2.42. The van der Waals surface area contributed by atoms with Crippen LogP contribution < -0.4 is 9.64 Å². The molecule has 0 N–H and O–H groups in total. The Hall–Kier alpha value is -2.91. The summed E-state index contributed by atoms with van der Waals surface area (Å²) in [5.74, 6) is 1.79. The Balaban J connectivity index is 1.63. The maximum absolute atomic E-state index is 13.1. The van der Waals surface area contributed by atoms with Gasteiger partial charge < -0.3 is 9.64 Å². The summed E-state index contributed by atoms with van der Waals surface area (Å²) >= 11 is 1.55. The first-order valence-corrected chi connectivity index (χ1v) is 11.7. The van der Waals surface area contributed by atoms with E-state index in [1.807, 2.05) is 31.2 Å². The molecule has 1 unspecified atom stereocenters. The highest BCUT2D eigenvalue weighted by Crippen LogP contribution is 2.44. The number of benzene rings is 2. The Labute approximate surface area is 188 Å². The Morgan fingerprint density at radius 1 is 1.19 bits per heavy atom. The molecule has 2 aromatic carbocycles. The number of para-hydroxylation sites is 2. The van der Waals surface area contributed by atoms with E-state index in [0.717, 1.165) is 22.0 Å². The zero-order valence-corrected chi connectivity index (χ0v) is 19.0. The number of nitriles is 1. The number of anilines is 1. The van der Waals surface area contributed by atoms with Gasteiger partial charge in [-0.05, 0) is 36.1 Å². The van der Waals surface area contributed by atoms with Gasteiger partial charge in [-0.2, -0.15) is 5.26 Å². The normalized spacial score (nSPS) is 18.8. The van der Waals surface area contributed by atoms with Gasteiger partial charge in [0.05, 0.1) is 41.5 Å². The van der Waals surface area contributed by atoms with Crippen LogP contribution in [0.25, 0.3) is 0 Å². The molecule has 31 heavy (non-hydrogen) atoms. The lowest BCUT2D eigenvalue weighted by Crippen LogP contribution is -2.47. The van der Waals surface area contributed by atoms with Gasteiger partial charge in [0.1, 0.15) is 5.75 Å². The van der Waals surface area contributed by atoms with E-state index >= 15 is 0 Å². The summed E-state index contributed by atoms with van der Waals surface area (Å²) in [7, 11) is 0. The molecule has 0 aromatic heterocycles. The number of nitrogens with zero attached hydrogens (tertiary/aromatic N) is 3. The highest BCUT2D eigenvalue weighted by molar-refractivity contribution is 8.03. The predicted molar refractivity (Wildman–Crippen MR) is 125 cm³/mol. The largest absolute Gasteiger partial charge is 0.492 e. The van der Waals surface area contributed by atoms with Gasteiger partial charge in [-0.25, -0.2) is 0 Å². The first-order valence-electron chi connectivity index (χ1n) is 10.7. The van der Waals surface area contributed by atoms with Crippen LogP contribution in [-0.4, -0.2) is 30.0 Å². The molecule has 6 heteroatoms. The van der Waals surface area contributed by atoms with E-state index in [0.29, 0.717) is 37.1 Å². The Kier molecular flexibility index (Phi) is 6.24. The second-order valence-corrected chi connectivity index (χ2v) is 9.02. The maximum atomic E-state index is 13.1. The third-order valence-corrected chi connectivity index (χ3v) is 6.96. The number of ether oxygens (including phenoxy) is 1. The molecular formula is C25H27N3O2S. The number of amides is 1.